The van der Waals surface area contributed by atoms with Gasteiger partial charge in [0.2, 0.25) is 11.8 Å². The van der Waals surface area contributed by atoms with Crippen LogP contribution in [-0.4, -0.2) is 71.8 Å². The topological polar surface area (TPSA) is 89.9 Å². The predicted octanol–water partition coefficient (Wildman–Crippen LogP) is 1.99. The van der Waals surface area contributed by atoms with E-state index < -0.39 is 5.82 Å². The van der Waals surface area contributed by atoms with Gasteiger partial charge in [0.15, 0.2) is 12.0 Å². The summed E-state index contributed by atoms with van der Waals surface area (Å²) in [7, 11) is 1.40. The molecule has 0 spiro atoms. The lowest BCUT2D eigenvalue weighted by atomic mass is 9.95. The van der Waals surface area contributed by atoms with Crippen molar-refractivity contribution in [3.8, 4) is 11.8 Å². The van der Waals surface area contributed by atoms with E-state index in [2.05, 4.69) is 19.9 Å². The predicted molar refractivity (Wildman–Crippen MR) is 117 cm³/mol. The van der Waals surface area contributed by atoms with Crippen LogP contribution >= 0.6 is 0 Å². The zero-order valence-electron chi connectivity index (χ0n) is 18.7. The molecule has 2 aromatic heterocycles. The van der Waals surface area contributed by atoms with Gasteiger partial charge in [0.1, 0.15) is 12.6 Å². The van der Waals surface area contributed by atoms with E-state index in [-0.39, 0.29) is 24.1 Å². The van der Waals surface area contributed by atoms with Gasteiger partial charge in [-0.2, -0.15) is 0 Å². The SMILES string of the molecule is COc1ncc(N2CCc3ncnc(OC4CCCN4[C@@H]4COCCC4C=O)c3C2)cc1F. The number of halogens is 1. The standard InChI is InChI=1S/C23H28FN5O4/c1-31-23-18(24)9-16(10-25-23)28-7-4-19-17(11-28)22(27-14-26-19)33-21-3-2-6-29(21)20-13-32-8-5-15(20)12-30/h9-10,12,14-15,20-21H,2-8,11,13H2,1H3/t15?,20-,21?/m1/s1. The number of carbonyl (C=O) groups is 1. The maximum absolute atomic E-state index is 14.2. The first-order valence-corrected chi connectivity index (χ1v) is 11.4. The number of carbonyl (C=O) groups excluding carboxylic acids is 1. The number of pyridine rings is 1. The molecule has 9 nitrogen and oxygen atoms in total. The van der Waals surface area contributed by atoms with Crippen LogP contribution in [0.5, 0.6) is 11.8 Å². The van der Waals surface area contributed by atoms with Crippen molar-refractivity contribution in [1.29, 1.82) is 0 Å². The Hall–Kier alpha value is -2.85. The molecule has 2 unspecified atom stereocenters. The Labute approximate surface area is 191 Å². The summed E-state index contributed by atoms with van der Waals surface area (Å²) in [5, 5.41) is 0. The van der Waals surface area contributed by atoms with Crippen molar-refractivity contribution in [2.24, 2.45) is 5.92 Å². The molecule has 0 saturated carbocycles. The molecule has 10 heteroatoms. The number of rotatable bonds is 6. The fourth-order valence-electron chi connectivity index (χ4n) is 5.01. The first-order chi connectivity index (χ1) is 16.2. The van der Waals surface area contributed by atoms with Crippen molar-refractivity contribution in [3.63, 3.8) is 0 Å². The third kappa shape index (κ3) is 4.37. The first-order valence-electron chi connectivity index (χ1n) is 11.4. The van der Waals surface area contributed by atoms with Gasteiger partial charge in [0.25, 0.3) is 0 Å². The van der Waals surface area contributed by atoms with E-state index in [0.29, 0.717) is 44.3 Å². The van der Waals surface area contributed by atoms with Gasteiger partial charge in [-0.05, 0) is 19.3 Å². The molecule has 33 heavy (non-hydrogen) atoms. The first kappa shape index (κ1) is 22.0. The number of likely N-dealkylation sites (tertiary alicyclic amines) is 1. The Kier molecular flexibility index (Phi) is 6.37. The summed E-state index contributed by atoms with van der Waals surface area (Å²) in [6.45, 7) is 3.20. The molecule has 2 saturated heterocycles. The molecule has 3 aliphatic rings. The molecular weight excluding hydrogens is 429 g/mol. The zero-order chi connectivity index (χ0) is 22.8. The molecule has 0 bridgehead atoms. The fraction of sp³-hybridized carbons (Fsp3) is 0.565. The van der Waals surface area contributed by atoms with Crippen molar-refractivity contribution in [2.45, 2.75) is 44.5 Å². The zero-order valence-corrected chi connectivity index (χ0v) is 18.7. The van der Waals surface area contributed by atoms with Crippen LogP contribution in [0.4, 0.5) is 10.1 Å². The lowest BCUT2D eigenvalue weighted by Crippen LogP contribution is -2.51. The van der Waals surface area contributed by atoms with Crippen LogP contribution in [0.2, 0.25) is 0 Å². The van der Waals surface area contributed by atoms with Crippen molar-refractivity contribution in [3.05, 3.63) is 35.7 Å². The summed E-state index contributed by atoms with van der Waals surface area (Å²) < 4.78 is 31.3. The van der Waals surface area contributed by atoms with E-state index in [1.807, 2.05) is 4.90 Å². The van der Waals surface area contributed by atoms with E-state index in [4.69, 9.17) is 14.2 Å². The lowest BCUT2D eigenvalue weighted by molar-refractivity contribution is -0.121. The summed E-state index contributed by atoms with van der Waals surface area (Å²) in [5.41, 5.74) is 2.51. The third-order valence-corrected chi connectivity index (χ3v) is 6.78. The minimum atomic E-state index is -0.498. The smallest absolute Gasteiger partial charge is 0.250 e. The van der Waals surface area contributed by atoms with Gasteiger partial charge in [0.05, 0.1) is 43.4 Å². The van der Waals surface area contributed by atoms with Crippen molar-refractivity contribution >= 4 is 12.0 Å². The summed E-state index contributed by atoms with van der Waals surface area (Å²) in [5.74, 6) is -0.0223. The van der Waals surface area contributed by atoms with Crippen LogP contribution in [0, 0.1) is 11.7 Å². The number of ether oxygens (including phenoxy) is 3. The molecular formula is C23H28FN5O4. The van der Waals surface area contributed by atoms with Gasteiger partial charge < -0.3 is 23.9 Å². The summed E-state index contributed by atoms with van der Waals surface area (Å²) in [6, 6.07) is 1.45. The average Bonchev–Trinajstić information content (AvgIpc) is 3.32. The number of anilines is 1. The van der Waals surface area contributed by atoms with Crippen LogP contribution in [0.15, 0.2) is 18.6 Å². The van der Waals surface area contributed by atoms with Crippen molar-refractivity contribution in [2.75, 3.05) is 38.3 Å². The summed E-state index contributed by atoms with van der Waals surface area (Å²) in [6.07, 6.45) is 7.31. The number of methoxy groups -OCH3 is 1. The Morgan fingerprint density at radius 1 is 1.21 bits per heavy atom. The van der Waals surface area contributed by atoms with E-state index >= 15 is 0 Å². The number of aldehydes is 1. The van der Waals surface area contributed by atoms with E-state index in [0.717, 1.165) is 43.4 Å². The normalized spacial score (nSPS) is 25.5. The third-order valence-electron chi connectivity index (χ3n) is 6.78. The number of hydrogen-bond acceptors (Lipinski definition) is 9. The Morgan fingerprint density at radius 3 is 2.94 bits per heavy atom. The number of hydrogen-bond donors (Lipinski definition) is 0. The van der Waals surface area contributed by atoms with Crippen LogP contribution in [0.3, 0.4) is 0 Å². The maximum atomic E-state index is 14.2. The van der Waals surface area contributed by atoms with Crippen molar-refractivity contribution < 1.29 is 23.4 Å². The molecule has 176 valence electrons. The van der Waals surface area contributed by atoms with Gasteiger partial charge >= 0.3 is 0 Å². The minimum Gasteiger partial charge on any atom is -0.479 e. The van der Waals surface area contributed by atoms with Crippen LogP contribution in [0.25, 0.3) is 0 Å². The Balaban J connectivity index is 1.36. The summed E-state index contributed by atoms with van der Waals surface area (Å²) in [4.78, 5) is 28.9. The maximum Gasteiger partial charge on any atom is 0.250 e. The highest BCUT2D eigenvalue weighted by Crippen LogP contribution is 2.33. The van der Waals surface area contributed by atoms with Crippen LogP contribution in [-0.2, 0) is 22.5 Å². The molecule has 0 N–H and O–H groups in total. The molecule has 3 atom stereocenters. The Morgan fingerprint density at radius 2 is 2.12 bits per heavy atom. The van der Waals surface area contributed by atoms with Gasteiger partial charge in [-0.25, -0.2) is 19.3 Å². The van der Waals surface area contributed by atoms with Crippen molar-refractivity contribution in [1.82, 2.24) is 19.9 Å². The molecule has 0 radical (unpaired) electrons. The van der Waals surface area contributed by atoms with Gasteiger partial charge in [-0.15, -0.1) is 0 Å². The van der Waals surface area contributed by atoms with E-state index in [9.17, 15) is 9.18 Å². The molecule has 0 aromatic carbocycles. The highest BCUT2D eigenvalue weighted by molar-refractivity contribution is 5.55. The monoisotopic (exact) mass is 457 g/mol. The number of aromatic nitrogens is 3. The van der Waals surface area contributed by atoms with Gasteiger partial charge in [-0.1, -0.05) is 0 Å². The highest BCUT2D eigenvalue weighted by Gasteiger charge is 2.39. The second kappa shape index (κ2) is 9.56. The molecule has 5 rings (SSSR count). The largest absolute Gasteiger partial charge is 0.479 e. The van der Waals surface area contributed by atoms with Gasteiger partial charge in [-0.3, -0.25) is 4.90 Å². The van der Waals surface area contributed by atoms with Crippen LogP contribution in [0.1, 0.15) is 30.5 Å². The molecule has 0 aliphatic carbocycles. The number of fused-ring (bicyclic) bond motifs is 1. The molecule has 2 aromatic rings. The lowest BCUT2D eigenvalue weighted by Gasteiger charge is -2.38. The second-order valence-electron chi connectivity index (χ2n) is 8.64. The summed E-state index contributed by atoms with van der Waals surface area (Å²) >= 11 is 0. The second-order valence-corrected chi connectivity index (χ2v) is 8.64. The van der Waals surface area contributed by atoms with E-state index in [1.165, 1.54) is 19.5 Å². The van der Waals surface area contributed by atoms with Gasteiger partial charge in [0, 0.05) is 44.1 Å². The van der Waals surface area contributed by atoms with E-state index in [1.54, 1.807) is 6.20 Å². The molecule has 3 aliphatic heterocycles. The fourth-order valence-corrected chi connectivity index (χ4v) is 5.01. The average molecular weight is 458 g/mol. The Bertz CT molecular complexity index is 1010. The van der Waals surface area contributed by atoms with Crippen LogP contribution < -0.4 is 14.4 Å². The quantitative estimate of drug-likeness (QED) is 0.604. The minimum absolute atomic E-state index is 0.0197. The number of nitrogens with zero attached hydrogens (tertiary/aromatic N) is 5. The molecule has 5 heterocycles. The highest BCUT2D eigenvalue weighted by atomic mass is 19.1. The molecule has 2 fully saturated rings. The molecule has 0 amide bonds.